The largest absolute Gasteiger partial charge is 0.394 e. The molecule has 0 aromatic rings. The van der Waals surface area contributed by atoms with Crippen LogP contribution >= 0.6 is 0 Å². The monoisotopic (exact) mass is 368 g/mol. The number of aliphatic hydroxyl groups is 2. The van der Waals surface area contributed by atoms with Gasteiger partial charge in [-0.3, -0.25) is 0 Å². The fraction of sp³-hybridized carbons (Fsp3) is 1.00. The fourth-order valence-corrected chi connectivity index (χ4v) is 5.90. The quantitative estimate of drug-likeness (QED) is 0.589. The van der Waals surface area contributed by atoms with Crippen molar-refractivity contribution < 1.29 is 14.9 Å². The van der Waals surface area contributed by atoms with E-state index in [2.05, 4.69) is 27.7 Å². The molecule has 0 aliphatic heterocycles. The van der Waals surface area contributed by atoms with Crippen molar-refractivity contribution in [1.82, 2.24) is 0 Å². The van der Waals surface area contributed by atoms with E-state index in [4.69, 9.17) is 9.84 Å². The average Bonchev–Trinajstić information content (AvgIpc) is 2.67. The van der Waals surface area contributed by atoms with E-state index in [9.17, 15) is 5.11 Å². The van der Waals surface area contributed by atoms with Crippen molar-refractivity contribution in [3.05, 3.63) is 0 Å². The summed E-state index contributed by atoms with van der Waals surface area (Å²) in [5.74, 6) is 3.60. The maximum Gasteiger partial charge on any atom is 0.100 e. The van der Waals surface area contributed by atoms with Crippen molar-refractivity contribution in [3.63, 3.8) is 0 Å². The van der Waals surface area contributed by atoms with Gasteiger partial charge in [0.15, 0.2) is 0 Å². The second-order valence-electron chi connectivity index (χ2n) is 9.65. The zero-order valence-corrected chi connectivity index (χ0v) is 17.8. The van der Waals surface area contributed by atoms with Crippen LogP contribution in [0.15, 0.2) is 0 Å². The van der Waals surface area contributed by atoms with Crippen molar-refractivity contribution >= 4 is 0 Å². The van der Waals surface area contributed by atoms with Crippen LogP contribution in [0.5, 0.6) is 0 Å². The van der Waals surface area contributed by atoms with Crippen molar-refractivity contribution in [2.75, 3.05) is 13.2 Å². The number of rotatable bonds is 9. The van der Waals surface area contributed by atoms with E-state index in [1.807, 2.05) is 0 Å². The van der Waals surface area contributed by atoms with Gasteiger partial charge in [0.2, 0.25) is 0 Å². The zero-order valence-electron chi connectivity index (χ0n) is 17.8. The maximum absolute atomic E-state index is 9.46. The molecule has 2 fully saturated rings. The molecule has 2 N–H and O–H groups in total. The van der Waals surface area contributed by atoms with Gasteiger partial charge in [-0.25, -0.2) is 0 Å². The topological polar surface area (TPSA) is 49.7 Å². The molecule has 2 saturated carbocycles. The predicted octanol–water partition coefficient (Wildman–Crippen LogP) is 5.18. The third-order valence-corrected chi connectivity index (χ3v) is 8.00. The Bertz CT molecular complexity index is 375. The molecule has 0 radical (unpaired) electrons. The molecule has 0 bridgehead atoms. The molecule has 3 heteroatoms. The Morgan fingerprint density at radius 2 is 1.38 bits per heavy atom. The first-order valence-electron chi connectivity index (χ1n) is 11.3. The summed E-state index contributed by atoms with van der Waals surface area (Å²) in [6, 6.07) is 0. The first-order chi connectivity index (χ1) is 12.4. The Morgan fingerprint density at radius 1 is 0.885 bits per heavy atom. The third-order valence-electron chi connectivity index (χ3n) is 8.00. The van der Waals surface area contributed by atoms with Crippen molar-refractivity contribution in [3.8, 4) is 0 Å². The van der Waals surface area contributed by atoms with Crippen LogP contribution in [0.1, 0.15) is 91.9 Å². The van der Waals surface area contributed by atoms with Crippen LogP contribution in [0, 0.1) is 29.1 Å². The van der Waals surface area contributed by atoms with Crippen LogP contribution in [0.3, 0.4) is 0 Å². The number of hydrogen-bond donors (Lipinski definition) is 2. The van der Waals surface area contributed by atoms with Gasteiger partial charge in [-0.15, -0.1) is 0 Å². The first-order valence-corrected chi connectivity index (χ1v) is 11.3. The molecule has 1 unspecified atom stereocenters. The average molecular weight is 369 g/mol. The van der Waals surface area contributed by atoms with Crippen LogP contribution in [0.4, 0.5) is 0 Å². The van der Waals surface area contributed by atoms with Crippen LogP contribution in [0.2, 0.25) is 0 Å². The van der Waals surface area contributed by atoms with Crippen molar-refractivity contribution in [2.45, 2.75) is 104 Å². The molecule has 0 saturated heterocycles. The summed E-state index contributed by atoms with van der Waals surface area (Å²) in [6.45, 7) is 9.85. The van der Waals surface area contributed by atoms with Gasteiger partial charge in [0.1, 0.15) is 6.10 Å². The molecule has 0 amide bonds. The lowest BCUT2D eigenvalue weighted by atomic mass is 9.59. The van der Waals surface area contributed by atoms with Crippen molar-refractivity contribution in [1.29, 1.82) is 0 Å². The van der Waals surface area contributed by atoms with Gasteiger partial charge in [0, 0.05) is 0 Å². The molecule has 2 aliphatic rings. The Labute approximate surface area is 161 Å². The summed E-state index contributed by atoms with van der Waals surface area (Å²) < 4.78 is 5.80. The van der Waals surface area contributed by atoms with Crippen molar-refractivity contribution in [2.24, 2.45) is 29.1 Å². The lowest BCUT2D eigenvalue weighted by molar-refractivity contribution is -0.0572. The summed E-state index contributed by atoms with van der Waals surface area (Å²) in [5, 5.41) is 18.4. The van der Waals surface area contributed by atoms with Crippen LogP contribution in [-0.4, -0.2) is 35.6 Å². The Balaban J connectivity index is 1.78. The highest BCUT2D eigenvalue weighted by molar-refractivity contribution is 4.91. The van der Waals surface area contributed by atoms with Gasteiger partial charge < -0.3 is 14.9 Å². The Kier molecular flexibility index (Phi) is 8.90. The lowest BCUT2D eigenvalue weighted by Crippen LogP contribution is -2.39. The maximum atomic E-state index is 9.46. The minimum atomic E-state index is -0.727. The summed E-state index contributed by atoms with van der Waals surface area (Å²) in [5.41, 5.74) is 0.439. The molecule has 154 valence electrons. The Hall–Kier alpha value is -0.120. The van der Waals surface area contributed by atoms with E-state index in [0.717, 1.165) is 36.5 Å². The van der Waals surface area contributed by atoms with E-state index >= 15 is 0 Å². The lowest BCUT2D eigenvalue weighted by Gasteiger charge is -2.47. The van der Waals surface area contributed by atoms with Gasteiger partial charge >= 0.3 is 0 Å². The highest BCUT2D eigenvalue weighted by atomic mass is 16.5. The zero-order chi connectivity index (χ0) is 19.2. The van der Waals surface area contributed by atoms with E-state index in [1.54, 1.807) is 0 Å². The molecular formula is C23H44O3. The summed E-state index contributed by atoms with van der Waals surface area (Å²) in [6.07, 6.45) is 12.7. The molecule has 3 nitrogen and oxygen atoms in total. The van der Waals surface area contributed by atoms with Crippen LogP contribution in [-0.2, 0) is 4.74 Å². The molecule has 0 spiro atoms. The van der Waals surface area contributed by atoms with E-state index in [0.29, 0.717) is 5.41 Å². The van der Waals surface area contributed by atoms with E-state index in [1.165, 1.54) is 51.4 Å². The van der Waals surface area contributed by atoms with Gasteiger partial charge in [0.05, 0.1) is 19.3 Å². The van der Waals surface area contributed by atoms with Gasteiger partial charge in [-0.1, -0.05) is 40.5 Å². The van der Waals surface area contributed by atoms with Gasteiger partial charge in [0.25, 0.3) is 0 Å². The smallest absolute Gasteiger partial charge is 0.100 e. The highest BCUT2D eigenvalue weighted by Gasteiger charge is 2.41. The molecule has 2 rings (SSSR count). The van der Waals surface area contributed by atoms with Crippen LogP contribution in [0.25, 0.3) is 0 Å². The van der Waals surface area contributed by atoms with Gasteiger partial charge in [-0.05, 0) is 80.5 Å². The highest BCUT2D eigenvalue weighted by Crippen LogP contribution is 2.50. The molecule has 0 aromatic heterocycles. The first kappa shape index (κ1) is 22.2. The number of aliphatic hydroxyl groups excluding tert-OH is 2. The third kappa shape index (κ3) is 5.69. The number of ether oxygens (including phenoxy) is 1. The fourth-order valence-electron chi connectivity index (χ4n) is 5.90. The van der Waals surface area contributed by atoms with Gasteiger partial charge in [-0.2, -0.15) is 0 Å². The van der Waals surface area contributed by atoms with E-state index in [-0.39, 0.29) is 19.3 Å². The molecule has 26 heavy (non-hydrogen) atoms. The SMILES string of the molecule is CCC(CC)C1CCC(C(C)(C)C2CCC(OCC(O)CO)CC2)CC1. The molecular weight excluding hydrogens is 324 g/mol. The second kappa shape index (κ2) is 10.4. The Morgan fingerprint density at radius 3 is 1.85 bits per heavy atom. The van der Waals surface area contributed by atoms with Crippen LogP contribution < -0.4 is 0 Å². The normalized spacial score (nSPS) is 32.0. The second-order valence-corrected chi connectivity index (χ2v) is 9.65. The van der Waals surface area contributed by atoms with E-state index < -0.39 is 6.10 Å². The molecule has 1 atom stereocenters. The standard InChI is InChI=1S/C23H44O3/c1-5-17(6-2)18-7-9-19(10-8-18)23(3,4)20-11-13-22(14-12-20)26-16-21(25)15-24/h17-22,24-25H,5-16H2,1-4H3. The minimum Gasteiger partial charge on any atom is -0.394 e. The summed E-state index contributed by atoms with van der Waals surface area (Å²) >= 11 is 0. The minimum absolute atomic E-state index is 0.206. The summed E-state index contributed by atoms with van der Waals surface area (Å²) in [7, 11) is 0. The molecule has 0 aromatic carbocycles. The number of hydrogen-bond acceptors (Lipinski definition) is 3. The summed E-state index contributed by atoms with van der Waals surface area (Å²) in [4.78, 5) is 0. The predicted molar refractivity (Wildman–Crippen MR) is 108 cm³/mol. The molecule has 2 aliphatic carbocycles. The molecule has 0 heterocycles.